The molecule has 1 aliphatic heterocycles. The highest BCUT2D eigenvalue weighted by molar-refractivity contribution is 7.89. The molecule has 0 saturated carbocycles. The number of hydrogen-bond donors (Lipinski definition) is 1. The van der Waals surface area contributed by atoms with Gasteiger partial charge < -0.3 is 9.64 Å². The Morgan fingerprint density at radius 2 is 1.86 bits per heavy atom. The van der Waals surface area contributed by atoms with Crippen LogP contribution in [-0.4, -0.2) is 39.4 Å². The van der Waals surface area contributed by atoms with Crippen molar-refractivity contribution < 1.29 is 17.9 Å². The minimum absolute atomic E-state index is 0.0568. The van der Waals surface area contributed by atoms with Crippen LogP contribution in [-0.2, 0) is 16.6 Å². The third kappa shape index (κ3) is 4.72. The summed E-state index contributed by atoms with van der Waals surface area (Å²) in [7, 11) is -2.28. The summed E-state index contributed by atoms with van der Waals surface area (Å²) < 4.78 is 33.4. The molecule has 0 spiro atoms. The summed E-state index contributed by atoms with van der Waals surface area (Å²) in [6, 6.07) is 12.1. The van der Waals surface area contributed by atoms with Crippen molar-refractivity contribution in [2.24, 2.45) is 0 Å². The van der Waals surface area contributed by atoms with Gasteiger partial charge in [0.1, 0.15) is 5.75 Å². The van der Waals surface area contributed by atoms with E-state index in [0.717, 1.165) is 30.4 Å². The van der Waals surface area contributed by atoms with E-state index in [0.29, 0.717) is 18.8 Å². The summed E-state index contributed by atoms with van der Waals surface area (Å²) in [5.74, 6) is 0.195. The number of carbonyl (C=O) groups is 1. The highest BCUT2D eigenvalue weighted by Crippen LogP contribution is 2.25. The molecule has 1 fully saturated rings. The maximum Gasteiger partial charge on any atom is 0.257 e. The third-order valence-electron chi connectivity index (χ3n) is 4.90. The Morgan fingerprint density at radius 1 is 1.11 bits per heavy atom. The monoisotopic (exact) mass is 402 g/mol. The lowest BCUT2D eigenvalue weighted by molar-refractivity contribution is 0.0720. The van der Waals surface area contributed by atoms with Crippen molar-refractivity contribution in [1.82, 2.24) is 9.62 Å². The molecule has 0 bridgehead atoms. The van der Waals surface area contributed by atoms with E-state index in [9.17, 15) is 13.2 Å². The molecule has 1 amide bonds. The number of benzene rings is 2. The van der Waals surface area contributed by atoms with Crippen LogP contribution in [0.1, 0.15) is 40.7 Å². The van der Waals surface area contributed by atoms with E-state index in [1.807, 2.05) is 31.2 Å². The van der Waals surface area contributed by atoms with Crippen LogP contribution in [0.2, 0.25) is 0 Å². The summed E-state index contributed by atoms with van der Waals surface area (Å²) in [6.07, 6.45) is 3.03. The van der Waals surface area contributed by atoms with E-state index in [4.69, 9.17) is 4.74 Å². The van der Waals surface area contributed by atoms with E-state index in [2.05, 4.69) is 4.72 Å². The maximum absolute atomic E-state index is 12.9. The highest BCUT2D eigenvalue weighted by Gasteiger charge is 2.24. The second-order valence-electron chi connectivity index (χ2n) is 7.03. The van der Waals surface area contributed by atoms with Crippen molar-refractivity contribution in [3.63, 3.8) is 0 Å². The first-order chi connectivity index (χ1) is 13.4. The maximum atomic E-state index is 12.9. The van der Waals surface area contributed by atoms with E-state index in [1.54, 1.807) is 11.0 Å². The molecule has 0 aromatic heterocycles. The molecular formula is C21H26N2O4S. The summed E-state index contributed by atoms with van der Waals surface area (Å²) in [4.78, 5) is 14.7. The van der Waals surface area contributed by atoms with Gasteiger partial charge in [0.15, 0.2) is 0 Å². The predicted octanol–water partition coefficient (Wildman–Crippen LogP) is 3.11. The molecule has 2 aromatic carbocycles. The van der Waals surface area contributed by atoms with Crippen molar-refractivity contribution in [2.45, 2.75) is 37.6 Å². The average molecular weight is 403 g/mol. The Hall–Kier alpha value is -2.38. The first-order valence-electron chi connectivity index (χ1n) is 9.43. The Morgan fingerprint density at radius 3 is 2.54 bits per heavy atom. The quantitative estimate of drug-likeness (QED) is 0.806. The number of amides is 1. The SMILES string of the molecule is COc1ccc(S(=O)(=O)NCc2cccc(C)c2)cc1C(=O)N1CCCCC1. The van der Waals surface area contributed by atoms with Crippen molar-refractivity contribution in [3.05, 3.63) is 59.2 Å². The molecule has 0 atom stereocenters. The van der Waals surface area contributed by atoms with E-state index >= 15 is 0 Å². The summed E-state index contributed by atoms with van der Waals surface area (Å²) in [6.45, 7) is 3.51. The number of nitrogens with one attached hydrogen (secondary N) is 1. The van der Waals surface area contributed by atoms with Crippen LogP contribution in [0.3, 0.4) is 0 Å². The lowest BCUT2D eigenvalue weighted by Gasteiger charge is -2.27. The minimum atomic E-state index is -3.76. The second kappa shape index (κ2) is 8.75. The van der Waals surface area contributed by atoms with Gasteiger partial charge in [0.25, 0.3) is 5.91 Å². The minimum Gasteiger partial charge on any atom is -0.496 e. The number of ether oxygens (including phenoxy) is 1. The number of likely N-dealkylation sites (tertiary alicyclic amines) is 1. The molecule has 150 valence electrons. The zero-order valence-electron chi connectivity index (χ0n) is 16.3. The number of hydrogen-bond acceptors (Lipinski definition) is 4. The normalized spacial score (nSPS) is 14.7. The Kier molecular flexibility index (Phi) is 6.36. The zero-order valence-corrected chi connectivity index (χ0v) is 17.1. The van der Waals surface area contributed by atoms with E-state index in [1.165, 1.54) is 19.2 Å². The van der Waals surface area contributed by atoms with E-state index < -0.39 is 10.0 Å². The zero-order chi connectivity index (χ0) is 20.1. The van der Waals surface area contributed by atoms with Crippen molar-refractivity contribution in [1.29, 1.82) is 0 Å². The number of piperidine rings is 1. The van der Waals surface area contributed by atoms with Crippen LogP contribution in [0.5, 0.6) is 5.75 Å². The molecule has 6 nitrogen and oxygen atoms in total. The molecule has 2 aromatic rings. The molecule has 7 heteroatoms. The van der Waals surface area contributed by atoms with Gasteiger partial charge in [-0.1, -0.05) is 29.8 Å². The van der Waals surface area contributed by atoms with Crippen LogP contribution in [0.4, 0.5) is 0 Å². The molecular weight excluding hydrogens is 376 g/mol. The number of sulfonamides is 1. The Balaban J connectivity index is 1.83. The van der Waals surface area contributed by atoms with E-state index in [-0.39, 0.29) is 22.9 Å². The first kappa shape index (κ1) is 20.4. The summed E-state index contributed by atoms with van der Waals surface area (Å²) >= 11 is 0. The lowest BCUT2D eigenvalue weighted by Crippen LogP contribution is -2.36. The standard InChI is InChI=1S/C21H26N2O4S/c1-16-7-6-8-17(13-16)15-22-28(25,26)18-9-10-20(27-2)19(14-18)21(24)23-11-4-3-5-12-23/h6-10,13-14,22H,3-5,11-12,15H2,1-2H3. The molecule has 1 heterocycles. The molecule has 1 aliphatic rings. The van der Waals surface area contributed by atoms with Crippen molar-refractivity contribution in [3.8, 4) is 5.75 Å². The fraction of sp³-hybridized carbons (Fsp3) is 0.381. The number of rotatable bonds is 6. The third-order valence-corrected chi connectivity index (χ3v) is 6.30. The second-order valence-corrected chi connectivity index (χ2v) is 8.80. The van der Waals surface area contributed by atoms with Crippen LogP contribution in [0, 0.1) is 6.92 Å². The Bertz CT molecular complexity index is 951. The first-order valence-corrected chi connectivity index (χ1v) is 10.9. The molecule has 1 N–H and O–H groups in total. The molecule has 0 aliphatic carbocycles. The lowest BCUT2D eigenvalue weighted by atomic mass is 10.1. The Labute approximate surface area is 166 Å². The van der Waals surface area contributed by atoms with Gasteiger partial charge in [0.05, 0.1) is 17.6 Å². The molecule has 3 rings (SSSR count). The highest BCUT2D eigenvalue weighted by atomic mass is 32.2. The smallest absolute Gasteiger partial charge is 0.257 e. The van der Waals surface area contributed by atoms with Gasteiger partial charge in [-0.3, -0.25) is 4.79 Å². The molecule has 28 heavy (non-hydrogen) atoms. The molecule has 1 saturated heterocycles. The fourth-order valence-electron chi connectivity index (χ4n) is 3.37. The van der Waals surface area contributed by atoms with Crippen molar-refractivity contribution in [2.75, 3.05) is 20.2 Å². The van der Waals surface area contributed by atoms with Crippen LogP contribution in [0.15, 0.2) is 47.4 Å². The molecule has 0 radical (unpaired) electrons. The van der Waals surface area contributed by atoms with Crippen LogP contribution < -0.4 is 9.46 Å². The summed E-state index contributed by atoms with van der Waals surface area (Å²) in [5, 5.41) is 0. The van der Waals surface area contributed by atoms with Crippen molar-refractivity contribution >= 4 is 15.9 Å². The molecule has 0 unspecified atom stereocenters. The van der Waals surface area contributed by atoms with Gasteiger partial charge in [-0.05, 0) is 49.9 Å². The van der Waals surface area contributed by atoms with Gasteiger partial charge in [-0.15, -0.1) is 0 Å². The number of nitrogens with zero attached hydrogens (tertiary/aromatic N) is 1. The number of methoxy groups -OCH3 is 1. The summed E-state index contributed by atoms with van der Waals surface area (Å²) in [5.41, 5.74) is 2.22. The van der Waals surface area contributed by atoms with Gasteiger partial charge in [-0.2, -0.15) is 0 Å². The number of carbonyl (C=O) groups excluding carboxylic acids is 1. The van der Waals surface area contributed by atoms with Crippen LogP contribution >= 0.6 is 0 Å². The van der Waals surface area contributed by atoms with Gasteiger partial charge in [0.2, 0.25) is 10.0 Å². The topological polar surface area (TPSA) is 75.7 Å². The van der Waals surface area contributed by atoms with Gasteiger partial charge in [0, 0.05) is 19.6 Å². The number of aryl methyl sites for hydroxylation is 1. The van der Waals surface area contributed by atoms with Gasteiger partial charge >= 0.3 is 0 Å². The van der Waals surface area contributed by atoms with Crippen LogP contribution in [0.25, 0.3) is 0 Å². The largest absolute Gasteiger partial charge is 0.496 e. The average Bonchev–Trinajstić information content (AvgIpc) is 2.72. The predicted molar refractivity (Wildman–Crippen MR) is 108 cm³/mol. The van der Waals surface area contributed by atoms with Gasteiger partial charge in [-0.25, -0.2) is 13.1 Å². The fourth-order valence-corrected chi connectivity index (χ4v) is 4.42.